The molecule has 6 heteroatoms. The van der Waals surface area contributed by atoms with Gasteiger partial charge in [0.05, 0.1) is 30.3 Å². The molecule has 3 rings (SSSR count). The standard InChI is InChI=1S/C24H20N2O4/c1-29-21-12-10-19(11-13-21)23(18-7-3-2-4-8-18)26-22(27)16-30-24(28)20-9-5-6-17(14-20)15-25/h2-14,23H,16H2,1H3,(H,26,27)/t23-/m1/s1. The maximum absolute atomic E-state index is 12.5. The van der Waals surface area contributed by atoms with E-state index in [1.54, 1.807) is 19.2 Å². The fourth-order valence-corrected chi connectivity index (χ4v) is 2.93. The number of rotatable bonds is 7. The van der Waals surface area contributed by atoms with Crippen molar-refractivity contribution >= 4 is 11.9 Å². The number of nitrogens with zero attached hydrogens (tertiary/aromatic N) is 1. The Kier molecular flexibility index (Phi) is 6.80. The normalized spacial score (nSPS) is 11.1. The molecule has 0 aliphatic heterocycles. The fourth-order valence-electron chi connectivity index (χ4n) is 2.93. The van der Waals surface area contributed by atoms with E-state index < -0.39 is 24.5 Å². The van der Waals surface area contributed by atoms with Gasteiger partial charge in [-0.15, -0.1) is 0 Å². The van der Waals surface area contributed by atoms with Crippen molar-refractivity contribution in [2.75, 3.05) is 13.7 Å². The largest absolute Gasteiger partial charge is 0.497 e. The number of methoxy groups -OCH3 is 1. The molecule has 150 valence electrons. The molecule has 0 heterocycles. The number of carbonyl (C=O) groups is 2. The van der Waals surface area contributed by atoms with E-state index in [0.29, 0.717) is 11.3 Å². The van der Waals surface area contributed by atoms with Crippen LogP contribution in [0.1, 0.15) is 33.1 Å². The first-order chi connectivity index (χ1) is 14.6. The highest BCUT2D eigenvalue weighted by molar-refractivity contribution is 5.91. The minimum absolute atomic E-state index is 0.219. The molecule has 0 bridgehead atoms. The Labute approximate surface area is 174 Å². The van der Waals surface area contributed by atoms with Crippen LogP contribution < -0.4 is 10.1 Å². The quantitative estimate of drug-likeness (QED) is 0.612. The zero-order valence-electron chi connectivity index (χ0n) is 16.4. The second kappa shape index (κ2) is 9.89. The van der Waals surface area contributed by atoms with E-state index in [2.05, 4.69) is 5.32 Å². The lowest BCUT2D eigenvalue weighted by Gasteiger charge is -2.20. The van der Waals surface area contributed by atoms with Gasteiger partial charge in [0.2, 0.25) is 0 Å². The van der Waals surface area contributed by atoms with Gasteiger partial charge in [0.1, 0.15) is 5.75 Å². The van der Waals surface area contributed by atoms with E-state index in [-0.39, 0.29) is 5.56 Å². The van der Waals surface area contributed by atoms with Crippen LogP contribution >= 0.6 is 0 Å². The number of hydrogen-bond acceptors (Lipinski definition) is 5. The van der Waals surface area contributed by atoms with Crippen LogP contribution in [0.2, 0.25) is 0 Å². The van der Waals surface area contributed by atoms with Gasteiger partial charge >= 0.3 is 5.97 Å². The highest BCUT2D eigenvalue weighted by Crippen LogP contribution is 2.24. The summed E-state index contributed by atoms with van der Waals surface area (Å²) in [5, 5.41) is 11.8. The topological polar surface area (TPSA) is 88.4 Å². The van der Waals surface area contributed by atoms with Gasteiger partial charge < -0.3 is 14.8 Å². The first-order valence-corrected chi connectivity index (χ1v) is 9.26. The third kappa shape index (κ3) is 5.24. The van der Waals surface area contributed by atoms with Crippen LogP contribution in [0.15, 0.2) is 78.9 Å². The lowest BCUT2D eigenvalue weighted by Crippen LogP contribution is -2.33. The molecule has 3 aromatic rings. The molecule has 1 atom stereocenters. The molecule has 0 radical (unpaired) electrons. The first kappa shape index (κ1) is 20.6. The van der Waals surface area contributed by atoms with Crippen LogP contribution in [0.5, 0.6) is 5.75 Å². The Bertz CT molecular complexity index is 1060. The molecule has 1 N–H and O–H groups in total. The van der Waals surface area contributed by atoms with E-state index in [1.807, 2.05) is 60.7 Å². The van der Waals surface area contributed by atoms with Crippen LogP contribution in [0.25, 0.3) is 0 Å². The van der Waals surface area contributed by atoms with E-state index in [0.717, 1.165) is 11.1 Å². The second-order valence-electron chi connectivity index (χ2n) is 6.45. The predicted octanol–water partition coefficient (Wildman–Crippen LogP) is 3.63. The monoisotopic (exact) mass is 400 g/mol. The van der Waals surface area contributed by atoms with Gasteiger partial charge in [-0.3, -0.25) is 4.79 Å². The third-order valence-corrected chi connectivity index (χ3v) is 4.45. The first-order valence-electron chi connectivity index (χ1n) is 9.26. The Morgan fingerprint density at radius 3 is 2.33 bits per heavy atom. The van der Waals surface area contributed by atoms with Crippen LogP contribution in [-0.4, -0.2) is 25.6 Å². The maximum Gasteiger partial charge on any atom is 0.338 e. The number of benzene rings is 3. The van der Waals surface area contributed by atoms with E-state index in [1.165, 1.54) is 12.1 Å². The van der Waals surface area contributed by atoms with Crippen LogP contribution in [0.4, 0.5) is 0 Å². The summed E-state index contributed by atoms with van der Waals surface area (Å²) in [6.07, 6.45) is 0. The molecular formula is C24H20N2O4. The van der Waals surface area contributed by atoms with Gasteiger partial charge in [0, 0.05) is 0 Å². The zero-order chi connectivity index (χ0) is 21.3. The molecule has 1 amide bonds. The predicted molar refractivity (Wildman–Crippen MR) is 111 cm³/mol. The molecule has 30 heavy (non-hydrogen) atoms. The van der Waals surface area contributed by atoms with Crippen molar-refractivity contribution in [3.05, 3.63) is 101 Å². The summed E-state index contributed by atoms with van der Waals surface area (Å²) in [6, 6.07) is 24.6. The van der Waals surface area contributed by atoms with Gasteiger partial charge in [-0.2, -0.15) is 5.26 Å². The van der Waals surface area contributed by atoms with E-state index in [9.17, 15) is 9.59 Å². The molecule has 0 saturated heterocycles. The Hall–Kier alpha value is -4.11. The molecule has 0 spiro atoms. The summed E-state index contributed by atoms with van der Waals surface area (Å²) in [5.41, 5.74) is 2.32. The van der Waals surface area contributed by atoms with Gasteiger partial charge in [0.25, 0.3) is 5.91 Å². The van der Waals surface area contributed by atoms with Gasteiger partial charge in [-0.05, 0) is 41.5 Å². The van der Waals surface area contributed by atoms with Crippen molar-refractivity contribution in [3.8, 4) is 11.8 Å². The summed E-state index contributed by atoms with van der Waals surface area (Å²) in [7, 11) is 1.59. The minimum atomic E-state index is -0.664. The minimum Gasteiger partial charge on any atom is -0.497 e. The molecule has 3 aromatic carbocycles. The molecule has 0 unspecified atom stereocenters. The average Bonchev–Trinajstić information content (AvgIpc) is 2.81. The molecule has 0 aliphatic rings. The van der Waals surface area contributed by atoms with Crippen LogP contribution in [-0.2, 0) is 9.53 Å². The SMILES string of the molecule is COc1ccc([C@H](NC(=O)COC(=O)c2cccc(C#N)c2)c2ccccc2)cc1. The van der Waals surface area contributed by atoms with E-state index >= 15 is 0 Å². The van der Waals surface area contributed by atoms with Gasteiger partial charge in [-0.25, -0.2) is 4.79 Å². The highest BCUT2D eigenvalue weighted by atomic mass is 16.5. The Morgan fingerprint density at radius 1 is 0.967 bits per heavy atom. The molecule has 0 fully saturated rings. The molecular weight excluding hydrogens is 380 g/mol. The molecule has 0 aromatic heterocycles. The van der Waals surface area contributed by atoms with Crippen molar-refractivity contribution < 1.29 is 19.1 Å². The second-order valence-corrected chi connectivity index (χ2v) is 6.45. The van der Waals surface area contributed by atoms with Crippen LogP contribution in [0, 0.1) is 11.3 Å². The number of amides is 1. The smallest absolute Gasteiger partial charge is 0.338 e. The summed E-state index contributed by atoms with van der Waals surface area (Å²) in [5.74, 6) is -0.391. The van der Waals surface area contributed by atoms with E-state index in [4.69, 9.17) is 14.7 Å². The molecule has 6 nitrogen and oxygen atoms in total. The highest BCUT2D eigenvalue weighted by Gasteiger charge is 2.18. The van der Waals surface area contributed by atoms with Gasteiger partial charge in [-0.1, -0.05) is 48.5 Å². The zero-order valence-corrected chi connectivity index (χ0v) is 16.4. The number of ether oxygens (including phenoxy) is 2. The number of nitrogens with one attached hydrogen (secondary N) is 1. The summed E-state index contributed by atoms with van der Waals surface area (Å²) in [6.45, 7) is -0.435. The summed E-state index contributed by atoms with van der Waals surface area (Å²) < 4.78 is 10.3. The lowest BCUT2D eigenvalue weighted by atomic mass is 9.98. The van der Waals surface area contributed by atoms with Crippen molar-refractivity contribution in [3.63, 3.8) is 0 Å². The van der Waals surface area contributed by atoms with Crippen molar-refractivity contribution in [2.24, 2.45) is 0 Å². The van der Waals surface area contributed by atoms with Gasteiger partial charge in [0.15, 0.2) is 6.61 Å². The third-order valence-electron chi connectivity index (χ3n) is 4.45. The number of hydrogen-bond donors (Lipinski definition) is 1. The number of carbonyl (C=O) groups excluding carboxylic acids is 2. The lowest BCUT2D eigenvalue weighted by molar-refractivity contribution is -0.124. The fraction of sp³-hybridized carbons (Fsp3) is 0.125. The Balaban J connectivity index is 1.70. The van der Waals surface area contributed by atoms with Crippen molar-refractivity contribution in [1.82, 2.24) is 5.32 Å². The summed E-state index contributed by atoms with van der Waals surface area (Å²) >= 11 is 0. The Morgan fingerprint density at radius 2 is 1.67 bits per heavy atom. The molecule has 0 saturated carbocycles. The maximum atomic E-state index is 12.5. The number of esters is 1. The van der Waals surface area contributed by atoms with Crippen LogP contribution in [0.3, 0.4) is 0 Å². The average molecular weight is 400 g/mol. The number of nitriles is 1. The summed E-state index contributed by atoms with van der Waals surface area (Å²) in [4.78, 5) is 24.7. The molecule has 0 aliphatic carbocycles. The van der Waals surface area contributed by atoms with Crippen molar-refractivity contribution in [1.29, 1.82) is 5.26 Å². The van der Waals surface area contributed by atoms with Crippen molar-refractivity contribution in [2.45, 2.75) is 6.04 Å².